The molecule has 38 heavy (non-hydrogen) atoms. The zero-order valence-corrected chi connectivity index (χ0v) is 23.6. The maximum absolute atomic E-state index is 12.9. The van der Waals surface area contributed by atoms with Crippen molar-refractivity contribution in [2.75, 3.05) is 56.2 Å². The number of pyridine rings is 1. The molecule has 0 saturated carbocycles. The van der Waals surface area contributed by atoms with E-state index in [1.54, 1.807) is 18.4 Å². The number of benzene rings is 1. The molecule has 1 atom stereocenters. The second-order valence-corrected chi connectivity index (χ2v) is 12.9. The van der Waals surface area contributed by atoms with Crippen LogP contribution in [0.4, 0.5) is 15.6 Å². The van der Waals surface area contributed by atoms with Gasteiger partial charge in [-0.2, -0.15) is 0 Å². The summed E-state index contributed by atoms with van der Waals surface area (Å²) >= 11 is 1.71. The standard InChI is InChI=1S/C29H37N5O3S/c1-28(2,3)37-27(35)34-11-5-9-29(19-34)10-14-33(18-29)24-16-23(25-17-30-26(38-25)32-12-6-13-32)31-22-15-20(36-4)7-8-21(22)24/h7-8,15-17H,5-6,9-14,18-19H2,1-4H3. The second-order valence-electron chi connectivity index (χ2n) is 11.9. The van der Waals surface area contributed by atoms with Crippen LogP contribution in [0.5, 0.6) is 5.75 Å². The van der Waals surface area contributed by atoms with Gasteiger partial charge in [0.2, 0.25) is 0 Å². The highest BCUT2D eigenvalue weighted by atomic mass is 32.1. The minimum absolute atomic E-state index is 0.0759. The number of nitrogens with zero attached hydrogens (tertiary/aromatic N) is 5. The number of aromatic nitrogens is 2. The number of piperidine rings is 1. The Balaban J connectivity index is 1.31. The van der Waals surface area contributed by atoms with Crippen molar-refractivity contribution in [2.24, 2.45) is 5.41 Å². The number of ether oxygens (including phenoxy) is 2. The van der Waals surface area contributed by atoms with E-state index in [-0.39, 0.29) is 11.5 Å². The van der Waals surface area contributed by atoms with Crippen LogP contribution in [0.2, 0.25) is 0 Å². The van der Waals surface area contributed by atoms with E-state index in [0.717, 1.165) is 90.9 Å². The van der Waals surface area contributed by atoms with Crippen molar-refractivity contribution >= 4 is 39.2 Å². The lowest BCUT2D eigenvalue weighted by Crippen LogP contribution is -2.48. The number of rotatable bonds is 4. The van der Waals surface area contributed by atoms with Gasteiger partial charge in [-0.1, -0.05) is 11.3 Å². The first-order valence-electron chi connectivity index (χ1n) is 13.6. The molecule has 3 aromatic rings. The van der Waals surface area contributed by atoms with Crippen LogP contribution in [0.3, 0.4) is 0 Å². The highest BCUT2D eigenvalue weighted by molar-refractivity contribution is 7.18. The monoisotopic (exact) mass is 535 g/mol. The number of thiazole rings is 1. The molecule has 0 N–H and O–H groups in total. The third-order valence-corrected chi connectivity index (χ3v) is 9.04. The summed E-state index contributed by atoms with van der Waals surface area (Å²) < 4.78 is 11.2. The van der Waals surface area contributed by atoms with Crippen molar-refractivity contribution in [1.82, 2.24) is 14.9 Å². The summed E-state index contributed by atoms with van der Waals surface area (Å²) in [5, 5.41) is 2.20. The molecule has 3 aliphatic rings. The molecule has 1 spiro atoms. The third kappa shape index (κ3) is 4.88. The van der Waals surface area contributed by atoms with Gasteiger partial charge in [0.15, 0.2) is 5.13 Å². The average Bonchev–Trinajstić information content (AvgIpc) is 3.49. The first-order chi connectivity index (χ1) is 18.2. The van der Waals surface area contributed by atoms with Gasteiger partial charge < -0.3 is 24.2 Å². The Morgan fingerprint density at radius 2 is 1.87 bits per heavy atom. The van der Waals surface area contributed by atoms with Gasteiger partial charge in [-0.25, -0.2) is 14.8 Å². The molecule has 3 aliphatic heterocycles. The fourth-order valence-corrected chi connectivity index (χ4v) is 6.83. The summed E-state index contributed by atoms with van der Waals surface area (Å²) in [7, 11) is 1.69. The van der Waals surface area contributed by atoms with Crippen molar-refractivity contribution in [2.45, 2.75) is 52.1 Å². The number of fused-ring (bicyclic) bond motifs is 1. The Labute approximate surface area is 228 Å². The topological polar surface area (TPSA) is 71.0 Å². The molecule has 1 amide bonds. The van der Waals surface area contributed by atoms with Crippen LogP contribution in [0.25, 0.3) is 21.5 Å². The smallest absolute Gasteiger partial charge is 0.410 e. The fraction of sp³-hybridized carbons (Fsp3) is 0.552. The predicted molar refractivity (Wildman–Crippen MR) is 153 cm³/mol. The first kappa shape index (κ1) is 25.2. The molecular weight excluding hydrogens is 498 g/mol. The van der Waals surface area contributed by atoms with E-state index in [2.05, 4.69) is 21.9 Å². The van der Waals surface area contributed by atoms with Crippen LogP contribution < -0.4 is 14.5 Å². The molecule has 9 heteroatoms. The molecule has 0 bridgehead atoms. The van der Waals surface area contributed by atoms with Gasteiger partial charge in [-0.15, -0.1) is 0 Å². The number of anilines is 2. The molecule has 0 aliphatic carbocycles. The minimum Gasteiger partial charge on any atom is -0.497 e. The van der Waals surface area contributed by atoms with Gasteiger partial charge in [-0.05, 0) is 64.7 Å². The molecule has 6 rings (SSSR count). The van der Waals surface area contributed by atoms with Gasteiger partial charge in [0.1, 0.15) is 11.4 Å². The van der Waals surface area contributed by atoms with Crippen molar-refractivity contribution in [3.05, 3.63) is 30.5 Å². The van der Waals surface area contributed by atoms with E-state index in [0.29, 0.717) is 0 Å². The highest BCUT2D eigenvalue weighted by Gasteiger charge is 2.43. The van der Waals surface area contributed by atoms with E-state index < -0.39 is 5.60 Å². The lowest BCUT2D eigenvalue weighted by molar-refractivity contribution is 0.00713. The maximum Gasteiger partial charge on any atom is 0.410 e. The lowest BCUT2D eigenvalue weighted by atomic mass is 9.79. The van der Waals surface area contributed by atoms with Crippen LogP contribution in [0.1, 0.15) is 46.5 Å². The quantitative estimate of drug-likeness (QED) is 0.418. The molecule has 8 nitrogen and oxygen atoms in total. The largest absolute Gasteiger partial charge is 0.497 e. The van der Waals surface area contributed by atoms with Crippen LogP contribution in [-0.2, 0) is 4.74 Å². The molecule has 202 valence electrons. The molecule has 0 radical (unpaired) electrons. The highest BCUT2D eigenvalue weighted by Crippen LogP contribution is 2.44. The summed E-state index contributed by atoms with van der Waals surface area (Å²) in [4.78, 5) is 30.4. The number of hydrogen-bond acceptors (Lipinski definition) is 8. The SMILES string of the molecule is COc1ccc2c(N3CCC4(CCCN(C(=O)OC(C)(C)C)C4)C3)cc(-c3cnc(N4CCC4)s3)nc2c1. The zero-order valence-electron chi connectivity index (χ0n) is 22.8. The van der Waals surface area contributed by atoms with E-state index in [1.807, 2.05) is 44.0 Å². The normalized spacial score (nSPS) is 21.7. The molecular formula is C29H37N5O3S. The maximum atomic E-state index is 12.9. The summed E-state index contributed by atoms with van der Waals surface area (Å²) in [6.45, 7) is 11.3. The Morgan fingerprint density at radius 1 is 1.03 bits per heavy atom. The average molecular weight is 536 g/mol. The van der Waals surface area contributed by atoms with Crippen LogP contribution >= 0.6 is 11.3 Å². The summed E-state index contributed by atoms with van der Waals surface area (Å²) in [5.74, 6) is 0.803. The Morgan fingerprint density at radius 3 is 2.61 bits per heavy atom. The summed E-state index contributed by atoms with van der Waals surface area (Å²) in [5.41, 5.74) is 2.66. The third-order valence-electron chi connectivity index (χ3n) is 7.96. The molecule has 2 aromatic heterocycles. The molecule has 5 heterocycles. The number of amides is 1. The fourth-order valence-electron chi connectivity index (χ4n) is 5.91. The second kappa shape index (κ2) is 9.59. The van der Waals surface area contributed by atoms with Gasteiger partial charge in [0.25, 0.3) is 0 Å². The number of carbonyl (C=O) groups is 1. The molecule has 1 aromatic carbocycles. The van der Waals surface area contributed by atoms with Gasteiger partial charge in [-0.3, -0.25) is 0 Å². The van der Waals surface area contributed by atoms with Crippen molar-refractivity contribution in [3.8, 4) is 16.3 Å². The lowest BCUT2D eigenvalue weighted by Gasteiger charge is -2.40. The Hall–Kier alpha value is -3.07. The van der Waals surface area contributed by atoms with E-state index in [9.17, 15) is 4.79 Å². The summed E-state index contributed by atoms with van der Waals surface area (Å²) in [6.07, 6.45) is 6.19. The predicted octanol–water partition coefficient (Wildman–Crippen LogP) is 5.80. The van der Waals surface area contributed by atoms with E-state index >= 15 is 0 Å². The van der Waals surface area contributed by atoms with Crippen molar-refractivity contribution in [1.29, 1.82) is 0 Å². The minimum atomic E-state index is -0.483. The van der Waals surface area contributed by atoms with Crippen LogP contribution in [0.15, 0.2) is 30.5 Å². The van der Waals surface area contributed by atoms with Gasteiger partial charge >= 0.3 is 6.09 Å². The zero-order chi connectivity index (χ0) is 26.5. The number of methoxy groups -OCH3 is 1. The van der Waals surface area contributed by atoms with E-state index in [1.165, 1.54) is 12.1 Å². The van der Waals surface area contributed by atoms with Gasteiger partial charge in [0, 0.05) is 68.0 Å². The first-order valence-corrected chi connectivity index (χ1v) is 14.5. The Bertz CT molecular complexity index is 1350. The Kier molecular flexibility index (Phi) is 6.37. The number of hydrogen-bond donors (Lipinski definition) is 0. The van der Waals surface area contributed by atoms with Gasteiger partial charge in [0.05, 0.1) is 23.2 Å². The molecule has 3 fully saturated rings. The summed E-state index contributed by atoms with van der Waals surface area (Å²) in [6, 6.07) is 8.39. The number of likely N-dealkylation sites (tertiary alicyclic amines) is 1. The van der Waals surface area contributed by atoms with Crippen LogP contribution in [0, 0.1) is 5.41 Å². The van der Waals surface area contributed by atoms with Crippen molar-refractivity contribution in [3.63, 3.8) is 0 Å². The molecule has 3 saturated heterocycles. The van der Waals surface area contributed by atoms with E-state index in [4.69, 9.17) is 19.4 Å². The number of carbonyl (C=O) groups excluding carboxylic acids is 1. The van der Waals surface area contributed by atoms with Crippen LogP contribution in [-0.4, -0.2) is 72.9 Å². The molecule has 1 unspecified atom stereocenters. The van der Waals surface area contributed by atoms with Crippen molar-refractivity contribution < 1.29 is 14.3 Å².